The van der Waals surface area contributed by atoms with Gasteiger partial charge in [0.25, 0.3) is 0 Å². The van der Waals surface area contributed by atoms with Crippen molar-refractivity contribution in [2.75, 3.05) is 26.7 Å². The van der Waals surface area contributed by atoms with E-state index in [4.69, 9.17) is 0 Å². The van der Waals surface area contributed by atoms with Gasteiger partial charge >= 0.3 is 0 Å². The van der Waals surface area contributed by atoms with Crippen LogP contribution in [0.3, 0.4) is 0 Å². The third kappa shape index (κ3) is 3.33. The van der Waals surface area contributed by atoms with Crippen molar-refractivity contribution in [2.24, 2.45) is 5.92 Å². The predicted molar refractivity (Wildman–Crippen MR) is 74.5 cm³/mol. The molecular weight excluding hydrogens is 240 g/mol. The van der Waals surface area contributed by atoms with Crippen LogP contribution in [0, 0.1) is 5.92 Å². The number of benzene rings is 1. The molecular formula is C15H22N2O2. The molecule has 0 aromatic heterocycles. The number of carbonyl (C=O) groups excluding carboxylic acids is 1. The van der Waals surface area contributed by atoms with Crippen molar-refractivity contribution in [3.05, 3.63) is 35.9 Å². The summed E-state index contributed by atoms with van der Waals surface area (Å²) in [5, 5.41) is 9.55. The van der Waals surface area contributed by atoms with Crippen molar-refractivity contribution >= 4 is 5.91 Å². The van der Waals surface area contributed by atoms with Crippen LogP contribution in [0.1, 0.15) is 12.5 Å². The summed E-state index contributed by atoms with van der Waals surface area (Å²) in [5.41, 5.74) is 1.17. The number of hydrogen-bond donors (Lipinski definition) is 1. The monoisotopic (exact) mass is 262 g/mol. The molecule has 2 atom stereocenters. The summed E-state index contributed by atoms with van der Waals surface area (Å²) in [4.78, 5) is 16.1. The molecule has 0 bridgehead atoms. The SMILES string of the molecule is CC1CN(C)C(=O)C(CO)N(Cc2ccccc2)C1. The van der Waals surface area contributed by atoms with Gasteiger partial charge < -0.3 is 10.0 Å². The molecule has 1 aliphatic heterocycles. The molecule has 0 aliphatic carbocycles. The zero-order chi connectivity index (χ0) is 13.8. The number of amides is 1. The fraction of sp³-hybridized carbons (Fsp3) is 0.533. The molecule has 1 heterocycles. The number of aliphatic hydroxyl groups is 1. The molecule has 1 fully saturated rings. The highest BCUT2D eigenvalue weighted by molar-refractivity contribution is 5.82. The Morgan fingerprint density at radius 2 is 1.95 bits per heavy atom. The Balaban J connectivity index is 2.18. The molecule has 0 saturated carbocycles. The van der Waals surface area contributed by atoms with E-state index in [1.54, 1.807) is 4.90 Å². The van der Waals surface area contributed by atoms with E-state index in [0.29, 0.717) is 12.5 Å². The lowest BCUT2D eigenvalue weighted by Gasteiger charge is -2.28. The largest absolute Gasteiger partial charge is 0.394 e. The smallest absolute Gasteiger partial charge is 0.242 e. The van der Waals surface area contributed by atoms with Crippen molar-refractivity contribution in [3.63, 3.8) is 0 Å². The van der Waals surface area contributed by atoms with Crippen molar-refractivity contribution in [1.82, 2.24) is 9.80 Å². The van der Waals surface area contributed by atoms with E-state index >= 15 is 0 Å². The van der Waals surface area contributed by atoms with Gasteiger partial charge in [-0.3, -0.25) is 9.69 Å². The molecule has 1 aromatic carbocycles. The Kier molecular flexibility index (Phi) is 4.56. The topological polar surface area (TPSA) is 43.8 Å². The van der Waals surface area contributed by atoms with Gasteiger partial charge in [-0.15, -0.1) is 0 Å². The van der Waals surface area contributed by atoms with Crippen LogP contribution in [0.15, 0.2) is 30.3 Å². The molecule has 4 nitrogen and oxygen atoms in total. The highest BCUT2D eigenvalue weighted by atomic mass is 16.3. The highest BCUT2D eigenvalue weighted by Gasteiger charge is 2.32. The third-order valence-electron chi connectivity index (χ3n) is 3.64. The van der Waals surface area contributed by atoms with E-state index in [1.807, 2.05) is 25.2 Å². The third-order valence-corrected chi connectivity index (χ3v) is 3.64. The van der Waals surface area contributed by atoms with E-state index in [0.717, 1.165) is 13.1 Å². The van der Waals surface area contributed by atoms with E-state index in [-0.39, 0.29) is 12.5 Å². The van der Waals surface area contributed by atoms with E-state index < -0.39 is 6.04 Å². The zero-order valence-corrected chi connectivity index (χ0v) is 11.6. The Bertz CT molecular complexity index is 421. The first kappa shape index (κ1) is 14.0. The molecule has 4 heteroatoms. The fourth-order valence-corrected chi connectivity index (χ4v) is 2.74. The lowest BCUT2D eigenvalue weighted by Crippen LogP contribution is -2.46. The number of carbonyl (C=O) groups is 1. The lowest BCUT2D eigenvalue weighted by molar-refractivity contribution is -0.135. The number of hydrogen-bond acceptors (Lipinski definition) is 3. The van der Waals surface area contributed by atoms with E-state index in [9.17, 15) is 9.90 Å². The van der Waals surface area contributed by atoms with Crippen LogP contribution in [0.5, 0.6) is 0 Å². The minimum atomic E-state index is -0.421. The lowest BCUT2D eigenvalue weighted by atomic mass is 10.1. The molecule has 2 unspecified atom stereocenters. The van der Waals surface area contributed by atoms with Crippen LogP contribution in [-0.4, -0.2) is 53.6 Å². The molecule has 0 radical (unpaired) electrons. The Morgan fingerprint density at radius 1 is 1.26 bits per heavy atom. The number of aliphatic hydroxyl groups excluding tert-OH is 1. The minimum Gasteiger partial charge on any atom is -0.394 e. The van der Waals surface area contributed by atoms with Gasteiger partial charge in [0.15, 0.2) is 0 Å². The summed E-state index contributed by atoms with van der Waals surface area (Å²) in [6.45, 7) is 4.30. The first-order chi connectivity index (χ1) is 9.11. The van der Waals surface area contributed by atoms with Crippen molar-refractivity contribution in [1.29, 1.82) is 0 Å². The second-order valence-electron chi connectivity index (χ2n) is 5.44. The van der Waals surface area contributed by atoms with E-state index in [2.05, 4.69) is 24.0 Å². The van der Waals surface area contributed by atoms with Crippen LogP contribution >= 0.6 is 0 Å². The first-order valence-corrected chi connectivity index (χ1v) is 6.75. The summed E-state index contributed by atoms with van der Waals surface area (Å²) in [6.07, 6.45) is 0. The molecule has 1 aromatic rings. The summed E-state index contributed by atoms with van der Waals surface area (Å²) in [5.74, 6) is 0.428. The highest BCUT2D eigenvalue weighted by Crippen LogP contribution is 2.17. The van der Waals surface area contributed by atoms with Crippen LogP contribution < -0.4 is 0 Å². The van der Waals surface area contributed by atoms with Crippen LogP contribution in [0.2, 0.25) is 0 Å². The first-order valence-electron chi connectivity index (χ1n) is 6.75. The van der Waals surface area contributed by atoms with Crippen molar-refractivity contribution in [2.45, 2.75) is 19.5 Å². The maximum absolute atomic E-state index is 12.2. The van der Waals surface area contributed by atoms with Gasteiger partial charge in [-0.2, -0.15) is 0 Å². The van der Waals surface area contributed by atoms with Crippen molar-refractivity contribution < 1.29 is 9.90 Å². The second-order valence-corrected chi connectivity index (χ2v) is 5.44. The van der Waals surface area contributed by atoms with Gasteiger partial charge in [0.05, 0.1) is 6.61 Å². The van der Waals surface area contributed by atoms with Crippen molar-refractivity contribution in [3.8, 4) is 0 Å². The normalized spacial score (nSPS) is 25.4. The zero-order valence-electron chi connectivity index (χ0n) is 11.6. The van der Waals surface area contributed by atoms with Gasteiger partial charge in [-0.1, -0.05) is 37.3 Å². The fourth-order valence-electron chi connectivity index (χ4n) is 2.74. The summed E-state index contributed by atoms with van der Waals surface area (Å²) in [6, 6.07) is 9.67. The second kappa shape index (κ2) is 6.17. The maximum Gasteiger partial charge on any atom is 0.242 e. The predicted octanol–water partition coefficient (Wildman–Crippen LogP) is 0.958. The summed E-state index contributed by atoms with van der Waals surface area (Å²) >= 11 is 0. The number of likely N-dealkylation sites (N-methyl/N-ethyl adjacent to an activating group) is 1. The summed E-state index contributed by atoms with van der Waals surface area (Å²) < 4.78 is 0. The van der Waals surface area contributed by atoms with Gasteiger partial charge in [0, 0.05) is 26.7 Å². The molecule has 1 N–H and O–H groups in total. The average molecular weight is 262 g/mol. The molecule has 0 spiro atoms. The van der Waals surface area contributed by atoms with Crippen LogP contribution in [-0.2, 0) is 11.3 Å². The van der Waals surface area contributed by atoms with E-state index in [1.165, 1.54) is 5.56 Å². The van der Waals surface area contributed by atoms with Gasteiger partial charge in [0.2, 0.25) is 5.91 Å². The van der Waals surface area contributed by atoms with Gasteiger partial charge in [-0.25, -0.2) is 0 Å². The molecule has 19 heavy (non-hydrogen) atoms. The Hall–Kier alpha value is -1.39. The quantitative estimate of drug-likeness (QED) is 0.882. The Labute approximate surface area is 114 Å². The van der Waals surface area contributed by atoms with Crippen LogP contribution in [0.25, 0.3) is 0 Å². The molecule has 2 rings (SSSR count). The maximum atomic E-state index is 12.2. The minimum absolute atomic E-state index is 0.0165. The molecule has 1 aliphatic rings. The average Bonchev–Trinajstić information content (AvgIpc) is 2.48. The Morgan fingerprint density at radius 3 is 2.58 bits per heavy atom. The molecule has 1 saturated heterocycles. The van der Waals surface area contributed by atoms with Gasteiger partial charge in [0.1, 0.15) is 6.04 Å². The summed E-state index contributed by atoms with van der Waals surface area (Å²) in [7, 11) is 1.81. The molecule has 104 valence electrons. The van der Waals surface area contributed by atoms with Crippen LogP contribution in [0.4, 0.5) is 0 Å². The molecule has 1 amide bonds. The van der Waals surface area contributed by atoms with Gasteiger partial charge in [-0.05, 0) is 11.5 Å². The standard InChI is InChI=1S/C15H22N2O2/c1-12-8-16(2)15(19)14(11-18)17(9-12)10-13-6-4-3-5-7-13/h3-7,12,14,18H,8-11H2,1-2H3. The number of nitrogens with zero attached hydrogens (tertiary/aromatic N) is 2. The number of rotatable bonds is 3.